The average molecular weight is 183 g/mol. The molecule has 0 aromatic heterocycles. The third kappa shape index (κ3) is 5.04. The number of carboxylic acid groups (broad SMARTS) is 1. The zero-order valence-corrected chi connectivity index (χ0v) is 7.81. The van der Waals surface area contributed by atoms with E-state index in [1.807, 2.05) is 13.8 Å². The van der Waals surface area contributed by atoms with Gasteiger partial charge in [0, 0.05) is 0 Å². The van der Waals surface area contributed by atoms with E-state index in [9.17, 15) is 4.79 Å². The number of hydrogen-bond donors (Lipinski definition) is 2. The van der Waals surface area contributed by atoms with Gasteiger partial charge in [0.05, 0.1) is 0 Å². The van der Waals surface area contributed by atoms with Crippen molar-refractivity contribution in [3.63, 3.8) is 0 Å². The lowest BCUT2D eigenvalue weighted by molar-refractivity contribution is -0.158. The van der Waals surface area contributed by atoms with Crippen LogP contribution in [0.2, 0.25) is 0 Å². The van der Waals surface area contributed by atoms with Crippen molar-refractivity contribution in [2.24, 2.45) is 5.92 Å². The van der Waals surface area contributed by atoms with Crippen LogP contribution in [-0.2, 0) is 4.79 Å². The number of carbonyl (C=O) groups is 1. The minimum absolute atomic E-state index is 0. The Hall–Kier alpha value is -0.280. The Bertz CT molecular complexity index is 132. The van der Waals surface area contributed by atoms with Gasteiger partial charge >= 0.3 is 5.97 Å². The fraction of sp³-hybridized carbons (Fsp3) is 0.857. The van der Waals surface area contributed by atoms with E-state index in [0.717, 1.165) is 0 Å². The molecule has 0 radical (unpaired) electrons. The van der Waals surface area contributed by atoms with Crippen molar-refractivity contribution in [1.29, 1.82) is 0 Å². The molecule has 0 aliphatic carbocycles. The Balaban J connectivity index is 0. The van der Waals surface area contributed by atoms with Crippen molar-refractivity contribution in [3.05, 3.63) is 0 Å². The maximum absolute atomic E-state index is 10.3. The Morgan fingerprint density at radius 1 is 1.55 bits per heavy atom. The highest BCUT2D eigenvalue weighted by molar-refractivity contribution is 5.85. The van der Waals surface area contributed by atoms with Crippen molar-refractivity contribution in [2.45, 2.75) is 32.8 Å². The second kappa shape index (κ2) is 4.57. The summed E-state index contributed by atoms with van der Waals surface area (Å²) in [5.41, 5.74) is -1.56. The zero-order valence-electron chi connectivity index (χ0n) is 7.00. The molecular formula is C7H15ClO3. The molecule has 0 fully saturated rings. The molecule has 0 saturated carbocycles. The molecule has 11 heavy (non-hydrogen) atoms. The van der Waals surface area contributed by atoms with Crippen LogP contribution in [0, 0.1) is 5.92 Å². The first-order chi connectivity index (χ1) is 4.36. The lowest BCUT2D eigenvalue weighted by Gasteiger charge is -2.19. The number of aliphatic carboxylic acids is 1. The fourth-order valence-electron chi connectivity index (χ4n) is 0.882. The van der Waals surface area contributed by atoms with E-state index < -0.39 is 11.6 Å². The molecule has 0 aliphatic heterocycles. The van der Waals surface area contributed by atoms with Crippen LogP contribution in [0.25, 0.3) is 0 Å². The van der Waals surface area contributed by atoms with Gasteiger partial charge in [0.15, 0.2) is 5.60 Å². The van der Waals surface area contributed by atoms with Crippen LogP contribution in [0.1, 0.15) is 27.2 Å². The van der Waals surface area contributed by atoms with Gasteiger partial charge in [0.1, 0.15) is 0 Å². The maximum Gasteiger partial charge on any atom is 0.335 e. The summed E-state index contributed by atoms with van der Waals surface area (Å²) in [7, 11) is 0. The third-order valence-corrected chi connectivity index (χ3v) is 1.27. The highest BCUT2D eigenvalue weighted by Crippen LogP contribution is 2.15. The molecule has 0 aromatic rings. The molecule has 4 heteroatoms. The van der Waals surface area contributed by atoms with Gasteiger partial charge in [-0.25, -0.2) is 4.79 Å². The Morgan fingerprint density at radius 2 is 1.91 bits per heavy atom. The molecule has 0 spiro atoms. The lowest BCUT2D eigenvalue weighted by atomic mass is 9.95. The number of carboxylic acids is 1. The molecule has 0 unspecified atom stereocenters. The van der Waals surface area contributed by atoms with Crippen LogP contribution in [0.15, 0.2) is 0 Å². The minimum atomic E-state index is -1.56. The van der Waals surface area contributed by atoms with E-state index in [-0.39, 0.29) is 18.3 Å². The number of rotatable bonds is 3. The fourth-order valence-corrected chi connectivity index (χ4v) is 0.882. The van der Waals surface area contributed by atoms with Gasteiger partial charge in [-0.2, -0.15) is 0 Å². The minimum Gasteiger partial charge on any atom is -0.479 e. The van der Waals surface area contributed by atoms with Gasteiger partial charge in [-0.1, -0.05) is 13.8 Å². The summed E-state index contributed by atoms with van der Waals surface area (Å²) in [4.78, 5) is 10.3. The van der Waals surface area contributed by atoms with E-state index in [4.69, 9.17) is 10.2 Å². The van der Waals surface area contributed by atoms with Gasteiger partial charge in [-0.05, 0) is 19.3 Å². The second-order valence-electron chi connectivity index (χ2n) is 3.18. The van der Waals surface area contributed by atoms with Gasteiger partial charge < -0.3 is 10.2 Å². The summed E-state index contributed by atoms with van der Waals surface area (Å²) >= 11 is 0. The molecule has 0 rings (SSSR count). The van der Waals surface area contributed by atoms with Gasteiger partial charge in [-0.15, -0.1) is 12.4 Å². The van der Waals surface area contributed by atoms with Crippen molar-refractivity contribution < 1.29 is 15.0 Å². The smallest absolute Gasteiger partial charge is 0.335 e. The van der Waals surface area contributed by atoms with Crippen molar-refractivity contribution >= 4 is 18.4 Å². The van der Waals surface area contributed by atoms with Crippen molar-refractivity contribution in [1.82, 2.24) is 0 Å². The summed E-state index contributed by atoms with van der Waals surface area (Å²) in [5, 5.41) is 17.6. The predicted octanol–water partition coefficient (Wildman–Crippen LogP) is 1.29. The second-order valence-corrected chi connectivity index (χ2v) is 3.18. The van der Waals surface area contributed by atoms with Crippen LogP contribution >= 0.6 is 12.4 Å². The standard InChI is InChI=1S/C7H14O3.ClH/c1-5(2)4-7(3,10)6(8)9;/h5,10H,4H2,1-3H3,(H,8,9);1H/t7-;/m1./s1. The first-order valence-corrected chi connectivity index (χ1v) is 3.32. The first-order valence-electron chi connectivity index (χ1n) is 3.32. The molecule has 0 amide bonds. The van der Waals surface area contributed by atoms with E-state index in [1.54, 1.807) is 0 Å². The summed E-state index contributed by atoms with van der Waals surface area (Å²) in [6, 6.07) is 0. The maximum atomic E-state index is 10.3. The monoisotopic (exact) mass is 182 g/mol. The Kier molecular flexibility index (Phi) is 5.53. The summed E-state index contributed by atoms with van der Waals surface area (Å²) in [5.74, 6) is -0.952. The van der Waals surface area contributed by atoms with E-state index in [1.165, 1.54) is 6.92 Å². The van der Waals surface area contributed by atoms with Gasteiger partial charge in [0.2, 0.25) is 0 Å². The van der Waals surface area contributed by atoms with Crippen LogP contribution in [0.4, 0.5) is 0 Å². The molecule has 2 N–H and O–H groups in total. The Labute approximate surface area is 72.8 Å². The van der Waals surface area contributed by atoms with Crippen molar-refractivity contribution in [3.8, 4) is 0 Å². The molecule has 1 atom stereocenters. The molecule has 0 aromatic carbocycles. The highest BCUT2D eigenvalue weighted by Gasteiger charge is 2.30. The lowest BCUT2D eigenvalue weighted by Crippen LogP contribution is -2.36. The van der Waals surface area contributed by atoms with Crippen LogP contribution < -0.4 is 0 Å². The topological polar surface area (TPSA) is 57.5 Å². The van der Waals surface area contributed by atoms with Crippen molar-refractivity contribution in [2.75, 3.05) is 0 Å². The third-order valence-electron chi connectivity index (χ3n) is 1.27. The van der Waals surface area contributed by atoms with Crippen LogP contribution in [-0.4, -0.2) is 21.8 Å². The van der Waals surface area contributed by atoms with E-state index in [0.29, 0.717) is 6.42 Å². The normalized spacial score (nSPS) is 15.4. The summed E-state index contributed by atoms with van der Waals surface area (Å²) in [6.07, 6.45) is 0.294. The SMILES string of the molecule is CC(C)C[C@@](C)(O)C(=O)O.Cl. The zero-order chi connectivity index (χ0) is 8.36. The molecule has 0 saturated heterocycles. The molecule has 0 heterocycles. The molecule has 0 bridgehead atoms. The Morgan fingerprint density at radius 3 is 2.00 bits per heavy atom. The van der Waals surface area contributed by atoms with Gasteiger partial charge in [0.25, 0.3) is 0 Å². The predicted molar refractivity (Wildman–Crippen MR) is 45.0 cm³/mol. The van der Waals surface area contributed by atoms with E-state index in [2.05, 4.69) is 0 Å². The average Bonchev–Trinajstić information content (AvgIpc) is 1.60. The number of hydrogen-bond acceptors (Lipinski definition) is 2. The van der Waals surface area contributed by atoms with Crippen LogP contribution in [0.5, 0.6) is 0 Å². The van der Waals surface area contributed by atoms with E-state index >= 15 is 0 Å². The highest BCUT2D eigenvalue weighted by atomic mass is 35.5. The largest absolute Gasteiger partial charge is 0.479 e. The molecule has 3 nitrogen and oxygen atoms in total. The van der Waals surface area contributed by atoms with Crippen LogP contribution in [0.3, 0.4) is 0 Å². The molecule has 0 aliphatic rings. The number of halogens is 1. The quantitative estimate of drug-likeness (QED) is 0.692. The summed E-state index contributed by atoms with van der Waals surface area (Å²) < 4.78 is 0. The molecular weight excluding hydrogens is 168 g/mol. The number of aliphatic hydroxyl groups is 1. The first kappa shape index (κ1) is 13.3. The molecule has 68 valence electrons. The summed E-state index contributed by atoms with van der Waals surface area (Å²) in [6.45, 7) is 5.06. The van der Waals surface area contributed by atoms with Gasteiger partial charge in [-0.3, -0.25) is 0 Å².